The SMILES string of the molecule is CCOc1cc2c(cc1OC)C(c1ccc(OC)nc1OC)=NC1CC(O)CCC21. The van der Waals surface area contributed by atoms with Crippen molar-refractivity contribution in [2.45, 2.75) is 44.2 Å². The third kappa shape index (κ3) is 3.58. The van der Waals surface area contributed by atoms with Crippen molar-refractivity contribution in [3.8, 4) is 23.3 Å². The topological polar surface area (TPSA) is 82.4 Å². The van der Waals surface area contributed by atoms with Crippen LogP contribution in [-0.4, -0.2) is 55.9 Å². The molecule has 7 nitrogen and oxygen atoms in total. The summed E-state index contributed by atoms with van der Waals surface area (Å²) in [6, 6.07) is 7.77. The zero-order valence-electron chi connectivity index (χ0n) is 17.8. The maximum Gasteiger partial charge on any atom is 0.226 e. The normalized spacial score (nSPS) is 22.4. The summed E-state index contributed by atoms with van der Waals surface area (Å²) < 4.78 is 22.3. The molecule has 1 aromatic carbocycles. The van der Waals surface area contributed by atoms with Gasteiger partial charge >= 0.3 is 0 Å². The van der Waals surface area contributed by atoms with Gasteiger partial charge < -0.3 is 24.1 Å². The fourth-order valence-corrected chi connectivity index (χ4v) is 4.47. The first kappa shape index (κ1) is 20.5. The van der Waals surface area contributed by atoms with E-state index in [1.54, 1.807) is 27.4 Å². The van der Waals surface area contributed by atoms with E-state index < -0.39 is 0 Å². The van der Waals surface area contributed by atoms with Crippen LogP contribution in [0.1, 0.15) is 48.8 Å². The van der Waals surface area contributed by atoms with Crippen molar-refractivity contribution < 1.29 is 24.1 Å². The van der Waals surface area contributed by atoms with Crippen LogP contribution in [0.2, 0.25) is 0 Å². The molecule has 1 N–H and O–H groups in total. The number of hydrogen-bond acceptors (Lipinski definition) is 7. The Morgan fingerprint density at radius 1 is 1.00 bits per heavy atom. The average Bonchev–Trinajstić information content (AvgIpc) is 2.77. The molecule has 3 unspecified atom stereocenters. The van der Waals surface area contributed by atoms with Crippen molar-refractivity contribution in [3.05, 3.63) is 41.0 Å². The summed E-state index contributed by atoms with van der Waals surface area (Å²) in [7, 11) is 4.80. The van der Waals surface area contributed by atoms with Gasteiger partial charge in [0, 0.05) is 17.5 Å². The first-order valence-electron chi connectivity index (χ1n) is 10.3. The van der Waals surface area contributed by atoms with E-state index in [-0.39, 0.29) is 18.1 Å². The Balaban J connectivity index is 1.91. The van der Waals surface area contributed by atoms with E-state index in [1.165, 1.54) is 5.56 Å². The molecule has 0 bridgehead atoms. The van der Waals surface area contributed by atoms with Crippen molar-refractivity contribution >= 4 is 5.71 Å². The Bertz CT molecular complexity index is 959. The summed E-state index contributed by atoms with van der Waals surface area (Å²) in [5.41, 5.74) is 3.72. The van der Waals surface area contributed by atoms with Gasteiger partial charge in [-0.15, -0.1) is 0 Å². The van der Waals surface area contributed by atoms with E-state index in [1.807, 2.05) is 19.1 Å². The largest absolute Gasteiger partial charge is 0.493 e. The molecule has 4 rings (SSSR count). The maximum atomic E-state index is 10.3. The molecule has 0 saturated heterocycles. The molecule has 160 valence electrons. The highest BCUT2D eigenvalue weighted by Crippen LogP contribution is 2.45. The minimum absolute atomic E-state index is 0.00840. The molecule has 3 atom stereocenters. The van der Waals surface area contributed by atoms with Crippen LogP contribution in [0.3, 0.4) is 0 Å². The molecule has 1 aromatic heterocycles. The Labute approximate surface area is 176 Å². The summed E-state index contributed by atoms with van der Waals surface area (Å²) in [5, 5.41) is 10.3. The monoisotopic (exact) mass is 412 g/mol. The van der Waals surface area contributed by atoms with Crippen LogP contribution in [0, 0.1) is 0 Å². The summed E-state index contributed by atoms with van der Waals surface area (Å²) >= 11 is 0. The molecule has 0 amide bonds. The van der Waals surface area contributed by atoms with Gasteiger partial charge in [-0.2, -0.15) is 4.98 Å². The molecule has 2 aromatic rings. The van der Waals surface area contributed by atoms with Crippen molar-refractivity contribution in [2.24, 2.45) is 4.99 Å². The fourth-order valence-electron chi connectivity index (χ4n) is 4.47. The van der Waals surface area contributed by atoms with Gasteiger partial charge in [0.2, 0.25) is 11.8 Å². The van der Waals surface area contributed by atoms with E-state index in [9.17, 15) is 5.11 Å². The van der Waals surface area contributed by atoms with Gasteiger partial charge in [-0.25, -0.2) is 0 Å². The standard InChI is InChI=1S/C23H28N2O5/c1-5-30-20-11-16-14-7-6-13(26)10-18(14)24-22(17(16)12-19(20)27-2)15-8-9-21(28-3)25-23(15)29-4/h8-9,11-14,18,26H,5-7,10H2,1-4H3. The molecule has 1 aliphatic heterocycles. The Hall–Kier alpha value is -2.80. The average molecular weight is 412 g/mol. The van der Waals surface area contributed by atoms with Crippen molar-refractivity contribution in [1.82, 2.24) is 4.98 Å². The van der Waals surface area contributed by atoms with E-state index in [2.05, 4.69) is 11.1 Å². The van der Waals surface area contributed by atoms with Crippen molar-refractivity contribution in [1.29, 1.82) is 0 Å². The molecule has 7 heteroatoms. The van der Waals surface area contributed by atoms with Gasteiger partial charge in [-0.1, -0.05) is 0 Å². The second-order valence-electron chi connectivity index (χ2n) is 7.55. The summed E-state index contributed by atoms with van der Waals surface area (Å²) in [6.45, 7) is 2.51. The molecule has 1 aliphatic carbocycles. The van der Waals surface area contributed by atoms with Gasteiger partial charge in [-0.3, -0.25) is 4.99 Å². The number of aliphatic hydroxyl groups excluding tert-OH is 1. The molecule has 0 radical (unpaired) electrons. The molecule has 0 spiro atoms. The van der Waals surface area contributed by atoms with E-state index >= 15 is 0 Å². The second kappa shape index (κ2) is 8.52. The number of methoxy groups -OCH3 is 3. The minimum Gasteiger partial charge on any atom is -0.493 e. The van der Waals surface area contributed by atoms with Crippen LogP contribution in [-0.2, 0) is 0 Å². The van der Waals surface area contributed by atoms with Crippen molar-refractivity contribution in [3.63, 3.8) is 0 Å². The van der Waals surface area contributed by atoms with Gasteiger partial charge in [0.15, 0.2) is 11.5 Å². The van der Waals surface area contributed by atoms with E-state index in [0.717, 1.165) is 35.4 Å². The van der Waals surface area contributed by atoms with Gasteiger partial charge in [0.25, 0.3) is 0 Å². The van der Waals surface area contributed by atoms with E-state index in [4.69, 9.17) is 23.9 Å². The third-order valence-corrected chi connectivity index (χ3v) is 5.87. The number of benzene rings is 1. The summed E-state index contributed by atoms with van der Waals surface area (Å²) in [6.07, 6.45) is 1.95. The summed E-state index contributed by atoms with van der Waals surface area (Å²) in [5.74, 6) is 2.54. The van der Waals surface area contributed by atoms with Crippen molar-refractivity contribution in [2.75, 3.05) is 27.9 Å². The Kier molecular flexibility index (Phi) is 5.81. The summed E-state index contributed by atoms with van der Waals surface area (Å²) in [4.78, 5) is 9.52. The van der Waals surface area contributed by atoms with Crippen LogP contribution in [0.5, 0.6) is 23.3 Å². The predicted molar refractivity (Wildman–Crippen MR) is 114 cm³/mol. The highest BCUT2D eigenvalue weighted by molar-refractivity contribution is 6.16. The van der Waals surface area contributed by atoms with Gasteiger partial charge in [-0.05, 0) is 49.9 Å². The lowest BCUT2D eigenvalue weighted by Gasteiger charge is -2.37. The molecular weight excluding hydrogens is 384 g/mol. The van der Waals surface area contributed by atoms with E-state index in [0.29, 0.717) is 30.5 Å². The van der Waals surface area contributed by atoms with Gasteiger partial charge in [0.05, 0.1) is 51.4 Å². The highest BCUT2D eigenvalue weighted by atomic mass is 16.5. The first-order chi connectivity index (χ1) is 14.6. The minimum atomic E-state index is -0.335. The molecule has 1 saturated carbocycles. The fraction of sp³-hybridized carbons (Fsp3) is 0.478. The predicted octanol–water partition coefficient (Wildman–Crippen LogP) is 3.35. The molecular formula is C23H28N2O5. The number of aromatic nitrogens is 1. The maximum absolute atomic E-state index is 10.3. The third-order valence-electron chi connectivity index (χ3n) is 5.87. The van der Waals surface area contributed by atoms with Crippen LogP contribution < -0.4 is 18.9 Å². The zero-order valence-corrected chi connectivity index (χ0v) is 17.8. The number of ether oxygens (including phenoxy) is 4. The second-order valence-corrected chi connectivity index (χ2v) is 7.55. The number of hydrogen-bond donors (Lipinski definition) is 1. The Morgan fingerprint density at radius 2 is 1.83 bits per heavy atom. The van der Waals surface area contributed by atoms with Crippen LogP contribution in [0.4, 0.5) is 0 Å². The number of fused-ring (bicyclic) bond motifs is 3. The number of aliphatic hydroxyl groups is 1. The molecule has 2 heterocycles. The lowest BCUT2D eigenvalue weighted by atomic mass is 9.74. The number of nitrogens with zero attached hydrogens (tertiary/aromatic N) is 2. The molecule has 30 heavy (non-hydrogen) atoms. The number of aliphatic imine (C=N–C) groups is 1. The Morgan fingerprint density at radius 3 is 2.53 bits per heavy atom. The molecule has 2 aliphatic rings. The highest BCUT2D eigenvalue weighted by Gasteiger charge is 2.38. The zero-order chi connectivity index (χ0) is 21.3. The smallest absolute Gasteiger partial charge is 0.226 e. The van der Waals surface area contributed by atoms with Crippen LogP contribution in [0.15, 0.2) is 29.3 Å². The lowest BCUT2D eigenvalue weighted by Crippen LogP contribution is -2.34. The lowest BCUT2D eigenvalue weighted by molar-refractivity contribution is 0.111. The quantitative estimate of drug-likeness (QED) is 0.784. The van der Waals surface area contributed by atoms with Crippen LogP contribution in [0.25, 0.3) is 0 Å². The first-order valence-corrected chi connectivity index (χ1v) is 10.3. The molecule has 1 fully saturated rings. The number of rotatable bonds is 6. The van der Waals surface area contributed by atoms with Crippen LogP contribution >= 0.6 is 0 Å². The number of pyridine rings is 1. The van der Waals surface area contributed by atoms with Gasteiger partial charge in [0.1, 0.15) is 0 Å².